The molecule has 1 heterocycles. The number of halogens is 3. The van der Waals surface area contributed by atoms with E-state index in [0.717, 1.165) is 3.57 Å². The molecule has 15 heavy (non-hydrogen) atoms. The Hall–Kier alpha value is -0.620. The van der Waals surface area contributed by atoms with Gasteiger partial charge in [0.15, 0.2) is 0 Å². The maximum absolute atomic E-state index is 13.2. The molecule has 0 atom stereocenters. The predicted molar refractivity (Wildman–Crippen MR) is 66.0 cm³/mol. The number of aromatic nitrogens is 1. The van der Waals surface area contributed by atoms with Crippen LogP contribution in [0.5, 0.6) is 5.75 Å². The molecule has 1 aromatic carbocycles. The molecule has 0 bridgehead atoms. The van der Waals surface area contributed by atoms with E-state index >= 15 is 0 Å². The number of methoxy groups -OCH3 is 1. The van der Waals surface area contributed by atoms with E-state index in [-0.39, 0.29) is 5.82 Å². The number of nitrogens with zero attached hydrogens (tertiary/aromatic N) is 1. The van der Waals surface area contributed by atoms with Crippen molar-refractivity contribution in [2.75, 3.05) is 7.11 Å². The second kappa shape index (κ2) is 4.09. The van der Waals surface area contributed by atoms with Crippen molar-refractivity contribution in [3.05, 3.63) is 32.7 Å². The van der Waals surface area contributed by atoms with E-state index in [2.05, 4.69) is 27.6 Å². The van der Waals surface area contributed by atoms with Gasteiger partial charge in [-0.05, 0) is 28.7 Å². The van der Waals surface area contributed by atoms with Crippen LogP contribution in [0.4, 0.5) is 4.39 Å². The molecule has 0 fully saturated rings. The van der Waals surface area contributed by atoms with E-state index in [1.165, 1.54) is 19.2 Å². The Labute approximate surface area is 105 Å². The molecule has 2 aromatic rings. The third-order valence-corrected chi connectivity index (χ3v) is 3.56. The minimum Gasteiger partial charge on any atom is -0.494 e. The molecule has 0 aliphatic rings. The third kappa shape index (κ3) is 1.88. The van der Waals surface area contributed by atoms with E-state index in [9.17, 15) is 4.39 Å². The Morgan fingerprint density at radius 1 is 1.47 bits per heavy atom. The van der Waals surface area contributed by atoms with E-state index in [4.69, 9.17) is 16.3 Å². The fourth-order valence-electron chi connectivity index (χ4n) is 1.34. The van der Waals surface area contributed by atoms with Crippen LogP contribution >= 0.6 is 34.2 Å². The zero-order chi connectivity index (χ0) is 11.0. The number of ether oxygens (including phenoxy) is 1. The molecule has 78 valence electrons. The van der Waals surface area contributed by atoms with Crippen molar-refractivity contribution >= 4 is 45.1 Å². The third-order valence-electron chi connectivity index (χ3n) is 2.01. The second-order valence-electron chi connectivity index (χ2n) is 2.92. The quantitative estimate of drug-likeness (QED) is 0.741. The van der Waals surface area contributed by atoms with Gasteiger partial charge in [-0.3, -0.25) is 4.98 Å². The SMILES string of the molecule is COc1cc(F)cc2c(Cl)c(I)cnc12. The Bertz CT molecular complexity index is 532. The highest BCUT2D eigenvalue weighted by Gasteiger charge is 2.10. The zero-order valence-corrected chi connectivity index (χ0v) is 10.6. The number of pyridine rings is 1. The maximum atomic E-state index is 13.2. The van der Waals surface area contributed by atoms with Gasteiger partial charge in [0.2, 0.25) is 0 Å². The molecule has 5 heteroatoms. The van der Waals surface area contributed by atoms with Gasteiger partial charge >= 0.3 is 0 Å². The zero-order valence-electron chi connectivity index (χ0n) is 7.72. The highest BCUT2D eigenvalue weighted by Crippen LogP contribution is 2.32. The summed E-state index contributed by atoms with van der Waals surface area (Å²) in [6.45, 7) is 0. The lowest BCUT2D eigenvalue weighted by Crippen LogP contribution is -1.91. The molecule has 0 amide bonds. The summed E-state index contributed by atoms with van der Waals surface area (Å²) in [6, 6.07) is 2.65. The van der Waals surface area contributed by atoms with E-state index in [1.54, 1.807) is 6.20 Å². The first kappa shape index (κ1) is 10.9. The highest BCUT2D eigenvalue weighted by molar-refractivity contribution is 14.1. The Balaban J connectivity index is 2.89. The van der Waals surface area contributed by atoms with Gasteiger partial charge in [-0.25, -0.2) is 4.39 Å². The van der Waals surface area contributed by atoms with Crippen LogP contribution in [0.3, 0.4) is 0 Å². The lowest BCUT2D eigenvalue weighted by molar-refractivity contribution is 0.415. The minimum absolute atomic E-state index is 0.384. The van der Waals surface area contributed by atoms with Crippen LogP contribution in [0.2, 0.25) is 5.02 Å². The standard InChI is InChI=1S/C10H6ClFINO/c1-15-8-3-5(12)2-6-9(11)7(13)4-14-10(6)8/h2-4H,1H3. The molecule has 0 N–H and O–H groups in total. The van der Waals surface area contributed by atoms with Crippen LogP contribution in [0.25, 0.3) is 10.9 Å². The van der Waals surface area contributed by atoms with Gasteiger partial charge in [0.25, 0.3) is 0 Å². The molecule has 0 saturated carbocycles. The summed E-state index contributed by atoms with van der Waals surface area (Å²) >= 11 is 8.11. The molecule has 0 saturated heterocycles. The highest BCUT2D eigenvalue weighted by atomic mass is 127. The van der Waals surface area contributed by atoms with Crippen molar-refractivity contribution in [3.8, 4) is 5.75 Å². The van der Waals surface area contributed by atoms with Gasteiger partial charge in [-0.2, -0.15) is 0 Å². The van der Waals surface area contributed by atoms with Gasteiger partial charge in [0, 0.05) is 17.6 Å². The minimum atomic E-state index is -0.384. The second-order valence-corrected chi connectivity index (χ2v) is 4.46. The number of fused-ring (bicyclic) bond motifs is 1. The normalized spacial score (nSPS) is 10.7. The Morgan fingerprint density at radius 2 is 2.20 bits per heavy atom. The number of hydrogen-bond acceptors (Lipinski definition) is 2. The number of hydrogen-bond donors (Lipinski definition) is 0. The van der Waals surface area contributed by atoms with Crippen molar-refractivity contribution < 1.29 is 9.13 Å². The fraction of sp³-hybridized carbons (Fsp3) is 0.100. The predicted octanol–water partition coefficient (Wildman–Crippen LogP) is 3.64. The van der Waals surface area contributed by atoms with Gasteiger partial charge in [0.05, 0.1) is 15.7 Å². The Morgan fingerprint density at radius 3 is 2.87 bits per heavy atom. The molecular formula is C10H6ClFINO. The van der Waals surface area contributed by atoms with Gasteiger partial charge < -0.3 is 4.74 Å². The van der Waals surface area contributed by atoms with Crippen molar-refractivity contribution in [1.82, 2.24) is 4.98 Å². The van der Waals surface area contributed by atoms with Crippen LogP contribution in [-0.4, -0.2) is 12.1 Å². The molecule has 1 aromatic heterocycles. The molecule has 0 aliphatic carbocycles. The summed E-state index contributed by atoms with van der Waals surface area (Å²) in [5, 5.41) is 1.07. The van der Waals surface area contributed by atoms with Crippen LogP contribution in [0.1, 0.15) is 0 Å². The van der Waals surface area contributed by atoms with Crippen LogP contribution in [0.15, 0.2) is 18.3 Å². The number of benzene rings is 1. The van der Waals surface area contributed by atoms with Crippen LogP contribution in [-0.2, 0) is 0 Å². The summed E-state index contributed by atoms with van der Waals surface area (Å²) in [7, 11) is 1.47. The smallest absolute Gasteiger partial charge is 0.148 e. The van der Waals surface area contributed by atoms with Crippen molar-refractivity contribution in [2.24, 2.45) is 0 Å². The van der Waals surface area contributed by atoms with Gasteiger partial charge in [0.1, 0.15) is 17.1 Å². The summed E-state index contributed by atoms with van der Waals surface area (Å²) in [5.74, 6) is 0.00773. The van der Waals surface area contributed by atoms with Crippen LogP contribution in [0, 0.1) is 9.39 Å². The first-order valence-corrected chi connectivity index (χ1v) is 5.56. The average Bonchev–Trinajstić information content (AvgIpc) is 2.23. The van der Waals surface area contributed by atoms with E-state index in [0.29, 0.717) is 21.7 Å². The first-order valence-electron chi connectivity index (χ1n) is 4.10. The van der Waals surface area contributed by atoms with Crippen molar-refractivity contribution in [2.45, 2.75) is 0 Å². The molecule has 2 nitrogen and oxygen atoms in total. The lowest BCUT2D eigenvalue weighted by atomic mass is 10.2. The summed E-state index contributed by atoms with van der Waals surface area (Å²) in [5.41, 5.74) is 0.573. The first-order chi connectivity index (χ1) is 7.13. The molecule has 0 radical (unpaired) electrons. The van der Waals surface area contributed by atoms with Crippen LogP contribution < -0.4 is 4.74 Å². The number of rotatable bonds is 1. The molecule has 0 unspecified atom stereocenters. The van der Waals surface area contributed by atoms with E-state index in [1.807, 2.05) is 0 Å². The summed E-state index contributed by atoms with van der Waals surface area (Å²) < 4.78 is 19.1. The van der Waals surface area contributed by atoms with Gasteiger partial charge in [-0.1, -0.05) is 11.6 Å². The topological polar surface area (TPSA) is 22.1 Å². The van der Waals surface area contributed by atoms with E-state index < -0.39 is 0 Å². The molecule has 2 rings (SSSR count). The van der Waals surface area contributed by atoms with Gasteiger partial charge in [-0.15, -0.1) is 0 Å². The summed E-state index contributed by atoms with van der Waals surface area (Å²) in [4.78, 5) is 4.17. The van der Waals surface area contributed by atoms with Crippen molar-refractivity contribution in [1.29, 1.82) is 0 Å². The Kier molecular flexibility index (Phi) is 2.97. The van der Waals surface area contributed by atoms with Crippen molar-refractivity contribution in [3.63, 3.8) is 0 Å². The monoisotopic (exact) mass is 337 g/mol. The molecular weight excluding hydrogens is 331 g/mol. The molecule has 0 spiro atoms. The lowest BCUT2D eigenvalue weighted by Gasteiger charge is -2.07. The summed E-state index contributed by atoms with van der Waals surface area (Å²) in [6.07, 6.45) is 1.63. The maximum Gasteiger partial charge on any atom is 0.148 e. The molecule has 0 aliphatic heterocycles. The average molecular weight is 338 g/mol. The largest absolute Gasteiger partial charge is 0.494 e. The fourth-order valence-corrected chi connectivity index (χ4v) is 1.96.